The van der Waals surface area contributed by atoms with Crippen LogP contribution in [0.4, 0.5) is 0 Å². The van der Waals surface area contributed by atoms with Gasteiger partial charge in [-0.25, -0.2) is 18.6 Å². The van der Waals surface area contributed by atoms with Gasteiger partial charge in [0.1, 0.15) is 0 Å². The number of hydrogen-bond donors (Lipinski definition) is 0. The summed E-state index contributed by atoms with van der Waals surface area (Å²) >= 11 is 1.94. The lowest BCUT2D eigenvalue weighted by molar-refractivity contribution is -2.00. The molecule has 4 nitrogen and oxygen atoms in total. The van der Waals surface area contributed by atoms with Crippen LogP contribution in [-0.2, 0) is 10.8 Å². The van der Waals surface area contributed by atoms with E-state index in [1.54, 1.807) is 0 Å². The lowest BCUT2D eigenvalue weighted by Crippen LogP contribution is -2.68. The molecular weight excluding hydrogens is 288 g/mol. The molecule has 0 N–H and O–H groups in total. The molecule has 0 amide bonds. The van der Waals surface area contributed by atoms with E-state index in [1.807, 2.05) is 11.3 Å². The third-order valence-corrected chi connectivity index (χ3v) is 4.13. The zero-order valence-corrected chi connectivity index (χ0v) is 13.7. The van der Waals surface area contributed by atoms with Gasteiger partial charge in [-0.2, -0.15) is 0 Å². The number of rotatable bonds is 0. The van der Waals surface area contributed by atoms with Crippen LogP contribution in [0.3, 0.4) is 0 Å². The van der Waals surface area contributed by atoms with Crippen molar-refractivity contribution in [1.82, 2.24) is 0 Å². The van der Waals surface area contributed by atoms with Crippen molar-refractivity contribution in [2.24, 2.45) is 0 Å². The quantitative estimate of drug-likeness (QED) is 0.624. The van der Waals surface area contributed by atoms with Crippen LogP contribution in [0, 0.1) is 10.2 Å². The Morgan fingerprint density at radius 2 is 1.05 bits per heavy atom. The van der Waals surface area contributed by atoms with Gasteiger partial charge in [-0.05, 0) is 12.1 Å². The smallest absolute Gasteiger partial charge is 0.219 e. The molecule has 110 valence electrons. The average molecular weight is 309 g/mol. The molecule has 0 saturated carbocycles. The van der Waals surface area contributed by atoms with Gasteiger partial charge in [0.05, 0.1) is 0 Å². The van der Waals surface area contributed by atoms with Crippen LogP contribution in [0.1, 0.15) is 51.3 Å². The fourth-order valence-electron chi connectivity index (χ4n) is 1.22. The minimum Gasteiger partial charge on any atom is -0.222 e. The van der Waals surface area contributed by atoms with Crippen molar-refractivity contribution >= 4 is 11.3 Å². The summed E-state index contributed by atoms with van der Waals surface area (Å²) in [4.78, 5) is 2.93. The van der Waals surface area contributed by atoms with Gasteiger partial charge in [0.25, 0.3) is 0 Å². The summed E-state index contributed by atoms with van der Waals surface area (Å²) in [7, 11) is -4.94. The third-order valence-electron chi connectivity index (χ3n) is 2.19. The van der Waals surface area contributed by atoms with Gasteiger partial charge >= 0.3 is 0 Å². The Kier molecular flexibility index (Phi) is 6.33. The van der Waals surface area contributed by atoms with Gasteiger partial charge in [-0.3, -0.25) is 0 Å². The molecule has 0 aliphatic carbocycles. The molecule has 0 fully saturated rings. The fourth-order valence-corrected chi connectivity index (χ4v) is 2.36. The minimum atomic E-state index is -4.94. The molecule has 0 atom stereocenters. The molecule has 0 unspecified atom stereocenters. The first-order valence-electron chi connectivity index (χ1n) is 5.77. The van der Waals surface area contributed by atoms with Crippen LogP contribution in [-0.4, -0.2) is 0 Å². The van der Waals surface area contributed by atoms with Crippen LogP contribution in [0.2, 0.25) is 0 Å². The summed E-state index contributed by atoms with van der Waals surface area (Å²) in [5, 5.41) is 0. The van der Waals surface area contributed by atoms with Crippen molar-refractivity contribution in [3.05, 3.63) is 28.0 Å². The molecule has 1 aromatic rings. The summed E-state index contributed by atoms with van der Waals surface area (Å²) < 4.78 is 34.0. The molecule has 19 heavy (non-hydrogen) atoms. The molecular formula is C13H21ClO4S. The van der Waals surface area contributed by atoms with E-state index in [-0.39, 0.29) is 10.8 Å². The highest BCUT2D eigenvalue weighted by Gasteiger charge is 2.29. The van der Waals surface area contributed by atoms with Gasteiger partial charge in [0.15, 0.2) is 0 Å². The predicted molar refractivity (Wildman–Crippen MR) is 66.1 cm³/mol. The van der Waals surface area contributed by atoms with Gasteiger partial charge in [0.2, 0.25) is 21.1 Å². The average Bonchev–Trinajstić information content (AvgIpc) is 2.12. The second-order valence-electron chi connectivity index (χ2n) is 6.23. The minimum absolute atomic E-state index is 0.270. The molecule has 0 aromatic carbocycles. The molecule has 1 aromatic heterocycles. The number of hydrogen-bond acceptors (Lipinski definition) is 4. The van der Waals surface area contributed by atoms with E-state index >= 15 is 0 Å². The lowest BCUT2D eigenvalue weighted by Gasteiger charge is -2.17. The van der Waals surface area contributed by atoms with Crippen molar-refractivity contribution in [1.29, 1.82) is 0 Å². The van der Waals surface area contributed by atoms with Crippen LogP contribution >= 0.6 is 11.3 Å². The summed E-state index contributed by atoms with van der Waals surface area (Å²) in [5.41, 5.74) is 0.540. The maximum Gasteiger partial charge on any atom is 0.219 e. The Hall–Kier alpha value is -0.300. The van der Waals surface area contributed by atoms with E-state index < -0.39 is 10.2 Å². The topological polar surface area (TPSA) is 92.2 Å². The Balaban J connectivity index is 0.000000555. The monoisotopic (exact) mass is 308 g/mol. The third kappa shape index (κ3) is 9.27. The van der Waals surface area contributed by atoms with Crippen molar-refractivity contribution in [2.75, 3.05) is 0 Å². The van der Waals surface area contributed by atoms with Crippen LogP contribution in [0.15, 0.2) is 18.2 Å². The molecule has 0 saturated heterocycles. The maximum atomic E-state index is 8.49. The Bertz CT molecular complexity index is 367. The van der Waals surface area contributed by atoms with E-state index in [9.17, 15) is 0 Å². The molecule has 0 aliphatic heterocycles. The van der Waals surface area contributed by atoms with Gasteiger partial charge in [-0.15, -0.1) is 10.2 Å². The van der Waals surface area contributed by atoms with Crippen LogP contribution in [0.25, 0.3) is 0 Å². The first kappa shape index (κ1) is 18.7. The zero-order valence-electron chi connectivity index (χ0n) is 12.2. The van der Waals surface area contributed by atoms with Gasteiger partial charge in [0, 0.05) is 10.8 Å². The Labute approximate surface area is 121 Å². The fraction of sp³-hybridized carbons (Fsp3) is 0.615. The highest BCUT2D eigenvalue weighted by Crippen LogP contribution is 2.33. The van der Waals surface area contributed by atoms with E-state index in [2.05, 4.69) is 59.7 Å². The normalized spacial score (nSPS) is 12.7. The van der Waals surface area contributed by atoms with E-state index in [0.29, 0.717) is 0 Å². The van der Waals surface area contributed by atoms with Crippen molar-refractivity contribution < 1.29 is 28.9 Å². The van der Waals surface area contributed by atoms with Crippen molar-refractivity contribution in [3.63, 3.8) is 0 Å². The first-order valence-corrected chi connectivity index (χ1v) is 7.82. The summed E-state index contributed by atoms with van der Waals surface area (Å²) in [6.45, 7) is 13.6. The standard InChI is InChI=1S/C13H21S.ClHO4/c1-12(2,3)10-8-7-9-11(14-10)13(4,5)6;2-1(3,4)5/h7-9H,1-6H3;(H,2,3,4,5)/q+1;/p-1. The van der Waals surface area contributed by atoms with Gasteiger partial charge < -0.3 is 0 Å². The largest absolute Gasteiger partial charge is 0.222 e. The van der Waals surface area contributed by atoms with Crippen LogP contribution < -0.4 is 18.6 Å². The second-order valence-corrected chi connectivity index (χ2v) is 8.07. The summed E-state index contributed by atoms with van der Waals surface area (Å²) in [5.74, 6) is 0. The van der Waals surface area contributed by atoms with Crippen LogP contribution in [0.5, 0.6) is 0 Å². The molecule has 0 spiro atoms. The Morgan fingerprint density at radius 1 is 0.789 bits per heavy atom. The second kappa shape index (κ2) is 6.43. The SMILES string of the molecule is CC(C)(C)c1cccc(C(C)(C)C)[s+]1.[O-][Cl+3]([O-])([O-])[O-]. The maximum absolute atomic E-state index is 8.49. The van der Waals surface area contributed by atoms with E-state index in [4.69, 9.17) is 18.6 Å². The molecule has 1 rings (SSSR count). The van der Waals surface area contributed by atoms with Crippen molar-refractivity contribution in [2.45, 2.75) is 52.4 Å². The first-order chi connectivity index (χ1) is 8.21. The number of halogens is 1. The highest BCUT2D eigenvalue weighted by atomic mass is 35.7. The lowest BCUT2D eigenvalue weighted by atomic mass is 9.93. The molecule has 0 aliphatic rings. The van der Waals surface area contributed by atoms with Crippen molar-refractivity contribution in [3.8, 4) is 0 Å². The zero-order chi connectivity index (χ0) is 15.5. The highest BCUT2D eigenvalue weighted by molar-refractivity contribution is 7.12. The van der Waals surface area contributed by atoms with Gasteiger partial charge in [-0.1, -0.05) is 47.6 Å². The van der Waals surface area contributed by atoms with E-state index in [1.165, 1.54) is 9.75 Å². The molecule has 0 bridgehead atoms. The molecule has 6 heteroatoms. The predicted octanol–water partition coefficient (Wildman–Crippen LogP) is -0.132. The molecule has 1 heterocycles. The molecule has 0 radical (unpaired) electrons. The van der Waals surface area contributed by atoms with E-state index in [0.717, 1.165) is 0 Å². The Morgan fingerprint density at radius 3 is 1.26 bits per heavy atom. The summed E-state index contributed by atoms with van der Waals surface area (Å²) in [6, 6.07) is 6.65. The summed E-state index contributed by atoms with van der Waals surface area (Å²) in [6.07, 6.45) is 0.